The predicted molar refractivity (Wildman–Crippen MR) is 67.5 cm³/mol. The minimum Gasteiger partial charge on any atom is -0.460 e. The SMILES string of the molecule is CC(=O)C1C[C@H]([C@H](C)NC(=O)OC(C)(C)C)OC1=O. The molecule has 0 spiro atoms. The lowest BCUT2D eigenvalue weighted by molar-refractivity contribution is -0.147. The average Bonchev–Trinajstić information content (AvgIpc) is 2.57. The van der Waals surface area contributed by atoms with Gasteiger partial charge in [0.25, 0.3) is 0 Å². The van der Waals surface area contributed by atoms with Crippen molar-refractivity contribution in [1.29, 1.82) is 0 Å². The molecule has 1 amide bonds. The Kier molecular flexibility index (Phi) is 4.55. The molecular formula is C13H21NO5. The summed E-state index contributed by atoms with van der Waals surface area (Å²) in [5.74, 6) is -1.44. The van der Waals surface area contributed by atoms with E-state index in [2.05, 4.69) is 5.32 Å². The number of alkyl carbamates (subject to hydrolysis) is 1. The van der Waals surface area contributed by atoms with Crippen molar-refractivity contribution < 1.29 is 23.9 Å². The predicted octanol–water partition coefficient (Wildman–Crippen LogP) is 1.42. The number of carbonyl (C=O) groups excluding carboxylic acids is 3. The van der Waals surface area contributed by atoms with Crippen LogP contribution >= 0.6 is 0 Å². The largest absolute Gasteiger partial charge is 0.460 e. The van der Waals surface area contributed by atoms with Gasteiger partial charge in [-0.25, -0.2) is 4.79 Å². The Bertz CT molecular complexity index is 385. The molecule has 1 unspecified atom stereocenters. The number of hydrogen-bond acceptors (Lipinski definition) is 5. The Balaban J connectivity index is 2.52. The van der Waals surface area contributed by atoms with Crippen LogP contribution in [0, 0.1) is 5.92 Å². The van der Waals surface area contributed by atoms with Crippen molar-refractivity contribution in [3.63, 3.8) is 0 Å². The molecule has 19 heavy (non-hydrogen) atoms. The van der Waals surface area contributed by atoms with Gasteiger partial charge in [0, 0.05) is 6.42 Å². The molecule has 1 aliphatic heterocycles. The van der Waals surface area contributed by atoms with E-state index in [1.807, 2.05) is 0 Å². The van der Waals surface area contributed by atoms with Gasteiger partial charge in [0.15, 0.2) is 0 Å². The smallest absolute Gasteiger partial charge is 0.407 e. The highest BCUT2D eigenvalue weighted by Gasteiger charge is 2.40. The third-order valence-electron chi connectivity index (χ3n) is 2.81. The number of cyclic esters (lactones) is 1. The van der Waals surface area contributed by atoms with Crippen LogP contribution in [-0.2, 0) is 19.1 Å². The minimum atomic E-state index is -0.715. The highest BCUT2D eigenvalue weighted by Crippen LogP contribution is 2.24. The number of ether oxygens (including phenoxy) is 2. The van der Waals surface area contributed by atoms with E-state index >= 15 is 0 Å². The van der Waals surface area contributed by atoms with E-state index < -0.39 is 35.7 Å². The quantitative estimate of drug-likeness (QED) is 0.620. The molecule has 1 aliphatic rings. The lowest BCUT2D eigenvalue weighted by Gasteiger charge is -2.24. The lowest BCUT2D eigenvalue weighted by atomic mass is 9.98. The summed E-state index contributed by atoms with van der Waals surface area (Å²) in [7, 11) is 0. The molecule has 6 heteroatoms. The van der Waals surface area contributed by atoms with E-state index in [1.165, 1.54) is 6.92 Å². The molecule has 0 aromatic carbocycles. The summed E-state index contributed by atoms with van der Waals surface area (Å²) in [4.78, 5) is 34.3. The van der Waals surface area contributed by atoms with Gasteiger partial charge in [-0.3, -0.25) is 9.59 Å². The molecule has 0 saturated carbocycles. The zero-order valence-corrected chi connectivity index (χ0v) is 12.0. The van der Waals surface area contributed by atoms with Crippen molar-refractivity contribution in [2.45, 2.75) is 58.8 Å². The van der Waals surface area contributed by atoms with Gasteiger partial charge in [0.1, 0.15) is 23.4 Å². The number of amides is 1. The standard InChI is InChI=1S/C13H21NO5/c1-7(14-12(17)19-13(3,4)5)10-6-9(8(2)15)11(16)18-10/h7,9-10H,6H2,1-5H3,(H,14,17)/t7-,9?,10+/m0/s1. The minimum absolute atomic E-state index is 0.211. The molecular weight excluding hydrogens is 250 g/mol. The van der Waals surface area contributed by atoms with Crippen LogP contribution in [0.1, 0.15) is 41.0 Å². The zero-order valence-electron chi connectivity index (χ0n) is 12.0. The summed E-state index contributed by atoms with van der Waals surface area (Å²) in [5.41, 5.74) is -0.585. The number of ketones is 1. The first-order valence-corrected chi connectivity index (χ1v) is 6.30. The Morgan fingerprint density at radius 3 is 2.42 bits per heavy atom. The molecule has 108 valence electrons. The molecule has 0 radical (unpaired) electrons. The number of esters is 1. The third-order valence-corrected chi connectivity index (χ3v) is 2.81. The Morgan fingerprint density at radius 2 is 2.00 bits per heavy atom. The molecule has 6 nitrogen and oxygen atoms in total. The first-order valence-electron chi connectivity index (χ1n) is 6.30. The number of carbonyl (C=O) groups is 3. The Labute approximate surface area is 112 Å². The number of nitrogens with one attached hydrogen (secondary N) is 1. The topological polar surface area (TPSA) is 81.7 Å². The summed E-state index contributed by atoms with van der Waals surface area (Å²) in [6.45, 7) is 8.36. The summed E-state index contributed by atoms with van der Waals surface area (Å²) in [6.07, 6.45) is -0.762. The van der Waals surface area contributed by atoms with E-state index in [4.69, 9.17) is 9.47 Å². The molecule has 0 aliphatic carbocycles. The van der Waals surface area contributed by atoms with Crippen molar-refractivity contribution in [1.82, 2.24) is 5.32 Å². The fourth-order valence-corrected chi connectivity index (χ4v) is 1.83. The van der Waals surface area contributed by atoms with Gasteiger partial charge in [-0.2, -0.15) is 0 Å². The second-order valence-corrected chi connectivity index (χ2v) is 5.81. The average molecular weight is 271 g/mol. The summed E-state index contributed by atoms with van der Waals surface area (Å²) in [5, 5.41) is 2.61. The van der Waals surface area contributed by atoms with Crippen molar-refractivity contribution >= 4 is 17.8 Å². The normalized spacial score (nSPS) is 24.6. The van der Waals surface area contributed by atoms with Gasteiger partial charge in [0.2, 0.25) is 0 Å². The number of Topliss-reactive ketones (excluding diaryl/α,β-unsaturated/α-hetero) is 1. The van der Waals surface area contributed by atoms with Gasteiger partial charge in [0.05, 0.1) is 6.04 Å². The van der Waals surface area contributed by atoms with E-state index in [9.17, 15) is 14.4 Å². The van der Waals surface area contributed by atoms with Gasteiger partial charge in [-0.1, -0.05) is 0 Å². The molecule has 3 atom stereocenters. The number of hydrogen-bond donors (Lipinski definition) is 1. The first-order chi connectivity index (χ1) is 8.60. The second-order valence-electron chi connectivity index (χ2n) is 5.81. The highest BCUT2D eigenvalue weighted by molar-refractivity contribution is 5.98. The highest BCUT2D eigenvalue weighted by atomic mass is 16.6. The van der Waals surface area contributed by atoms with Crippen LogP contribution < -0.4 is 5.32 Å². The van der Waals surface area contributed by atoms with Gasteiger partial charge in [-0.05, 0) is 34.6 Å². The second kappa shape index (κ2) is 5.59. The molecule has 0 aromatic rings. The number of rotatable bonds is 3. The van der Waals surface area contributed by atoms with Crippen molar-refractivity contribution in [2.24, 2.45) is 5.92 Å². The van der Waals surface area contributed by atoms with Crippen molar-refractivity contribution in [2.75, 3.05) is 0 Å². The summed E-state index contributed by atoms with van der Waals surface area (Å²) in [6, 6.07) is -0.400. The van der Waals surface area contributed by atoms with Crippen LogP contribution in [0.5, 0.6) is 0 Å². The summed E-state index contributed by atoms with van der Waals surface area (Å²) >= 11 is 0. The van der Waals surface area contributed by atoms with E-state index in [1.54, 1.807) is 27.7 Å². The van der Waals surface area contributed by atoms with Crippen molar-refractivity contribution in [3.05, 3.63) is 0 Å². The van der Waals surface area contributed by atoms with Gasteiger partial charge < -0.3 is 14.8 Å². The van der Waals surface area contributed by atoms with Crippen LogP contribution in [0.15, 0.2) is 0 Å². The maximum Gasteiger partial charge on any atom is 0.407 e. The maximum absolute atomic E-state index is 11.6. The van der Waals surface area contributed by atoms with Crippen LogP contribution in [0.3, 0.4) is 0 Å². The molecule has 0 aromatic heterocycles. The molecule has 1 rings (SSSR count). The molecule has 1 fully saturated rings. The van der Waals surface area contributed by atoms with Crippen LogP contribution in [0.25, 0.3) is 0 Å². The van der Waals surface area contributed by atoms with Crippen LogP contribution in [0.4, 0.5) is 4.79 Å². The van der Waals surface area contributed by atoms with Crippen LogP contribution in [0.2, 0.25) is 0 Å². The van der Waals surface area contributed by atoms with E-state index in [0.717, 1.165) is 0 Å². The van der Waals surface area contributed by atoms with E-state index in [-0.39, 0.29) is 5.78 Å². The van der Waals surface area contributed by atoms with E-state index in [0.29, 0.717) is 6.42 Å². The molecule has 0 bridgehead atoms. The van der Waals surface area contributed by atoms with Crippen molar-refractivity contribution in [3.8, 4) is 0 Å². The first kappa shape index (κ1) is 15.5. The maximum atomic E-state index is 11.6. The zero-order chi connectivity index (χ0) is 14.8. The monoisotopic (exact) mass is 271 g/mol. The van der Waals surface area contributed by atoms with Crippen LogP contribution in [-0.4, -0.2) is 35.6 Å². The fourth-order valence-electron chi connectivity index (χ4n) is 1.83. The molecule has 1 heterocycles. The van der Waals surface area contributed by atoms with Gasteiger partial charge in [-0.15, -0.1) is 0 Å². The fraction of sp³-hybridized carbons (Fsp3) is 0.769. The molecule has 1 saturated heterocycles. The van der Waals surface area contributed by atoms with Gasteiger partial charge >= 0.3 is 12.1 Å². The summed E-state index contributed by atoms with van der Waals surface area (Å²) < 4.78 is 10.2. The Hall–Kier alpha value is -1.59. The Morgan fingerprint density at radius 1 is 1.42 bits per heavy atom. The third kappa shape index (κ3) is 4.54. The molecule has 1 N–H and O–H groups in total. The lowest BCUT2D eigenvalue weighted by Crippen LogP contribution is -2.43.